The zero-order valence-electron chi connectivity index (χ0n) is 38.1. The van der Waals surface area contributed by atoms with Crippen LogP contribution in [-0.2, 0) is 20.1 Å². The Morgan fingerprint density at radius 2 is 1.44 bits per heavy atom. The summed E-state index contributed by atoms with van der Waals surface area (Å²) in [6, 6.07) is 57.4. The fourth-order valence-corrected chi connectivity index (χ4v) is 7.98. The molecule has 63 heavy (non-hydrogen) atoms. The van der Waals surface area contributed by atoms with Crippen LogP contribution in [0.5, 0.6) is 0 Å². The minimum Gasteiger partial charge on any atom is -0.501 e. The number of imidazole rings is 1. The van der Waals surface area contributed by atoms with Gasteiger partial charge in [-0.2, -0.15) is 5.26 Å². The SMILES string of the molecule is CC(C)c1cc(-c2ccccc2)cc(C(C)C)c1-n1c(-c2[c-]ccc3c2oc2cc(-c4ccc(C#N)cc4)ccc23)nc2ccccc21.[2H]C([2H])([2H])c1ccc(-c2[c-]cc(F)cc2)nc1.[Ir]. The number of benzene rings is 7. The molecule has 0 bridgehead atoms. The van der Waals surface area contributed by atoms with Crippen molar-refractivity contribution in [3.63, 3.8) is 0 Å². The van der Waals surface area contributed by atoms with Crippen LogP contribution in [0.2, 0.25) is 0 Å². The molecule has 7 heteroatoms. The fraction of sp³-hybridized carbons (Fsp3) is 0.125. The van der Waals surface area contributed by atoms with E-state index < -0.39 is 6.85 Å². The summed E-state index contributed by atoms with van der Waals surface area (Å²) in [7, 11) is 0. The molecule has 311 valence electrons. The number of furan rings is 1. The molecule has 0 aliphatic carbocycles. The Morgan fingerprint density at radius 3 is 2.11 bits per heavy atom. The Labute approximate surface area is 385 Å². The molecular weight excluding hydrogens is 956 g/mol. The van der Waals surface area contributed by atoms with E-state index in [0.717, 1.165) is 55.5 Å². The first-order chi connectivity index (χ1) is 31.4. The monoisotopic (exact) mass is 1000 g/mol. The molecule has 0 saturated carbocycles. The fourth-order valence-electron chi connectivity index (χ4n) is 7.98. The standard InChI is InChI=1S/C44H34N3O.C12H9FN.Ir/c1-27(2)37-23-33(30-11-6-5-7-12-30)24-38(28(3)4)42(37)47-40-16-9-8-15-39(40)46-44(47)36-14-10-13-35-34-22-21-32(25-41(34)48-43(35)36)31-19-17-29(26-45)18-20-31;1-9-2-7-12(14-8-9)10-3-5-11(13)6-4-10;/h5-13,15-25,27-28H,1-4H3;2-3,5-8H,1H3;/q2*-1;/i;1D3;. The van der Waals surface area contributed by atoms with Gasteiger partial charge in [0.2, 0.25) is 0 Å². The van der Waals surface area contributed by atoms with Crippen LogP contribution >= 0.6 is 0 Å². The molecule has 0 amide bonds. The number of hydrogen-bond donors (Lipinski definition) is 0. The summed E-state index contributed by atoms with van der Waals surface area (Å²) in [6.07, 6.45) is 1.31. The number of aryl methyl sites for hydroxylation is 1. The number of fused-ring (bicyclic) bond motifs is 4. The maximum atomic E-state index is 12.7. The van der Waals surface area contributed by atoms with Crippen LogP contribution in [0.4, 0.5) is 4.39 Å². The van der Waals surface area contributed by atoms with Gasteiger partial charge in [-0.25, -0.2) is 0 Å². The average molecular weight is 1000 g/mol. The van der Waals surface area contributed by atoms with Gasteiger partial charge in [0, 0.05) is 47.3 Å². The van der Waals surface area contributed by atoms with Crippen LogP contribution < -0.4 is 0 Å². The molecule has 0 atom stereocenters. The van der Waals surface area contributed by atoms with E-state index in [1.54, 1.807) is 12.1 Å². The topological polar surface area (TPSA) is 67.6 Å². The summed E-state index contributed by atoms with van der Waals surface area (Å²) >= 11 is 0. The van der Waals surface area contributed by atoms with Gasteiger partial charge in [0.05, 0.1) is 34.1 Å². The molecule has 3 aromatic heterocycles. The van der Waals surface area contributed by atoms with E-state index in [1.165, 1.54) is 52.3 Å². The van der Waals surface area contributed by atoms with Crippen molar-refractivity contribution in [3.8, 4) is 56.7 Å². The second kappa shape index (κ2) is 18.2. The van der Waals surface area contributed by atoms with Crippen molar-refractivity contribution in [3.05, 3.63) is 198 Å². The third kappa shape index (κ3) is 8.49. The van der Waals surface area contributed by atoms with Gasteiger partial charge in [-0.1, -0.05) is 118 Å². The summed E-state index contributed by atoms with van der Waals surface area (Å²) in [4.78, 5) is 9.32. The number of aromatic nitrogens is 3. The van der Waals surface area contributed by atoms with Crippen molar-refractivity contribution in [2.24, 2.45) is 0 Å². The van der Waals surface area contributed by atoms with Crippen LogP contribution in [0, 0.1) is 36.1 Å². The summed E-state index contributed by atoms with van der Waals surface area (Å²) < 4.78 is 43.4. The van der Waals surface area contributed by atoms with E-state index in [4.69, 9.17) is 13.5 Å². The van der Waals surface area contributed by atoms with Crippen molar-refractivity contribution in [1.29, 1.82) is 5.26 Å². The molecule has 0 saturated heterocycles. The van der Waals surface area contributed by atoms with Gasteiger partial charge in [0.25, 0.3) is 0 Å². The largest absolute Gasteiger partial charge is 0.501 e. The van der Waals surface area contributed by atoms with Gasteiger partial charge in [-0.3, -0.25) is 9.37 Å². The third-order valence-corrected chi connectivity index (χ3v) is 11.1. The van der Waals surface area contributed by atoms with E-state index in [2.05, 4.69) is 140 Å². The zero-order chi connectivity index (χ0) is 45.4. The van der Waals surface area contributed by atoms with Crippen LogP contribution in [0.15, 0.2) is 162 Å². The first-order valence-corrected chi connectivity index (χ1v) is 20.6. The number of halogens is 1. The van der Waals surface area contributed by atoms with Crippen LogP contribution in [-0.4, -0.2) is 14.5 Å². The number of hydrogen-bond acceptors (Lipinski definition) is 4. The van der Waals surface area contributed by atoms with Crippen LogP contribution in [0.25, 0.3) is 83.6 Å². The zero-order valence-corrected chi connectivity index (χ0v) is 37.5. The molecule has 10 rings (SSSR count). The van der Waals surface area contributed by atoms with Crippen molar-refractivity contribution >= 4 is 33.0 Å². The number of pyridine rings is 1. The first kappa shape index (κ1) is 38.9. The predicted octanol–water partition coefficient (Wildman–Crippen LogP) is 14.8. The Balaban J connectivity index is 0.000000278. The summed E-state index contributed by atoms with van der Waals surface area (Å²) in [5, 5.41) is 11.3. The van der Waals surface area contributed by atoms with Gasteiger partial charge in [0.15, 0.2) is 0 Å². The molecule has 0 unspecified atom stereocenters. The molecule has 0 fully saturated rings. The number of para-hydroxylation sites is 2. The average Bonchev–Trinajstić information content (AvgIpc) is 3.90. The predicted molar refractivity (Wildman–Crippen MR) is 250 cm³/mol. The first-order valence-electron chi connectivity index (χ1n) is 22.1. The quantitative estimate of drug-likeness (QED) is 0.149. The Bertz CT molecular complexity index is 3340. The van der Waals surface area contributed by atoms with Gasteiger partial charge >= 0.3 is 0 Å². The van der Waals surface area contributed by atoms with E-state index >= 15 is 0 Å². The molecule has 10 aromatic rings. The Kier molecular flexibility index (Phi) is 11.2. The van der Waals surface area contributed by atoms with Crippen molar-refractivity contribution < 1.29 is 33.0 Å². The maximum absolute atomic E-state index is 12.7. The summed E-state index contributed by atoms with van der Waals surface area (Å²) in [6.45, 7) is 6.93. The van der Waals surface area contributed by atoms with Gasteiger partial charge in [-0.15, -0.1) is 48.0 Å². The number of nitrogens with zero attached hydrogens (tertiary/aromatic N) is 4. The van der Waals surface area contributed by atoms with Crippen molar-refractivity contribution in [1.82, 2.24) is 14.5 Å². The smallest absolute Gasteiger partial charge is 0.121 e. The summed E-state index contributed by atoms with van der Waals surface area (Å²) in [5.41, 5.74) is 14.6. The normalized spacial score (nSPS) is 12.1. The van der Waals surface area contributed by atoms with E-state index in [9.17, 15) is 9.65 Å². The molecule has 0 aliphatic rings. The molecule has 0 spiro atoms. The molecule has 3 heterocycles. The number of nitriles is 1. The molecular formula is C56H43FIrN4O-2. The van der Waals surface area contributed by atoms with Gasteiger partial charge in [-0.05, 0) is 106 Å². The van der Waals surface area contributed by atoms with E-state index in [-0.39, 0.29) is 43.3 Å². The van der Waals surface area contributed by atoms with Crippen LogP contribution in [0.1, 0.15) is 65.9 Å². The minimum atomic E-state index is -2.15. The van der Waals surface area contributed by atoms with Gasteiger partial charge < -0.3 is 14.0 Å². The molecule has 0 N–H and O–H groups in total. The minimum absolute atomic E-state index is 0. The molecule has 7 aromatic carbocycles. The van der Waals surface area contributed by atoms with Crippen molar-refractivity contribution in [2.45, 2.75) is 46.4 Å². The molecule has 5 nitrogen and oxygen atoms in total. The Hall–Kier alpha value is -6.97. The number of rotatable bonds is 7. The Morgan fingerprint density at radius 1 is 0.730 bits per heavy atom. The summed E-state index contributed by atoms with van der Waals surface area (Å²) in [5.74, 6) is 0.973. The maximum Gasteiger partial charge on any atom is 0.121 e. The van der Waals surface area contributed by atoms with E-state index in [1.807, 2.05) is 36.4 Å². The second-order valence-corrected chi connectivity index (χ2v) is 15.9. The second-order valence-electron chi connectivity index (χ2n) is 15.9. The molecule has 1 radical (unpaired) electrons. The third-order valence-electron chi connectivity index (χ3n) is 11.1. The molecule has 0 aliphatic heterocycles. The van der Waals surface area contributed by atoms with E-state index in [0.29, 0.717) is 16.8 Å². The van der Waals surface area contributed by atoms with Crippen LogP contribution in [0.3, 0.4) is 0 Å². The van der Waals surface area contributed by atoms with Crippen molar-refractivity contribution in [2.75, 3.05) is 0 Å². The van der Waals surface area contributed by atoms with Gasteiger partial charge in [0.1, 0.15) is 5.58 Å².